The summed E-state index contributed by atoms with van der Waals surface area (Å²) in [6, 6.07) is 5.56. The minimum Gasteiger partial charge on any atom is -0.396 e. The van der Waals surface area contributed by atoms with Crippen LogP contribution in [0.4, 0.5) is 0 Å². The lowest BCUT2D eigenvalue weighted by Gasteiger charge is -2.27. The zero-order valence-electron chi connectivity index (χ0n) is 12.9. The molecule has 0 aromatic heterocycles. The first-order valence-corrected chi connectivity index (χ1v) is 7.13. The van der Waals surface area contributed by atoms with Crippen molar-refractivity contribution in [2.75, 3.05) is 19.8 Å². The van der Waals surface area contributed by atoms with Gasteiger partial charge in [0.15, 0.2) is 0 Å². The normalized spacial score (nSPS) is 10.2. The second-order valence-electron chi connectivity index (χ2n) is 5.18. The zero-order chi connectivity index (χ0) is 15.8. The zero-order valence-corrected chi connectivity index (χ0v) is 12.9. The van der Waals surface area contributed by atoms with Gasteiger partial charge in [-0.25, -0.2) is 0 Å². The van der Waals surface area contributed by atoms with Crippen LogP contribution in [0.1, 0.15) is 41.8 Å². The highest BCUT2D eigenvalue weighted by Crippen LogP contribution is 2.16. The van der Waals surface area contributed by atoms with E-state index in [2.05, 4.69) is 11.8 Å². The molecule has 0 unspecified atom stereocenters. The van der Waals surface area contributed by atoms with Crippen molar-refractivity contribution in [2.24, 2.45) is 0 Å². The van der Waals surface area contributed by atoms with Gasteiger partial charge >= 0.3 is 0 Å². The summed E-state index contributed by atoms with van der Waals surface area (Å²) >= 11 is 0. The van der Waals surface area contributed by atoms with E-state index < -0.39 is 0 Å². The second-order valence-corrected chi connectivity index (χ2v) is 5.18. The highest BCUT2D eigenvalue weighted by molar-refractivity contribution is 5.97. The van der Waals surface area contributed by atoms with E-state index in [-0.39, 0.29) is 25.2 Å². The summed E-state index contributed by atoms with van der Waals surface area (Å²) in [6.45, 7) is 6.15. The fourth-order valence-electron chi connectivity index (χ4n) is 2.07. The van der Waals surface area contributed by atoms with Crippen molar-refractivity contribution in [3.63, 3.8) is 0 Å². The van der Waals surface area contributed by atoms with Gasteiger partial charge in [-0.2, -0.15) is 0 Å². The van der Waals surface area contributed by atoms with E-state index in [9.17, 15) is 4.79 Å². The summed E-state index contributed by atoms with van der Waals surface area (Å²) in [5, 5.41) is 17.8. The molecule has 0 bridgehead atoms. The Morgan fingerprint density at radius 2 is 2.05 bits per heavy atom. The molecule has 114 valence electrons. The third-order valence-corrected chi connectivity index (χ3v) is 3.15. The Morgan fingerprint density at radius 1 is 1.33 bits per heavy atom. The molecular formula is C17H23NO3. The molecule has 1 aromatic carbocycles. The summed E-state index contributed by atoms with van der Waals surface area (Å²) in [5.41, 5.74) is 2.15. The van der Waals surface area contributed by atoms with Crippen LogP contribution in [0.25, 0.3) is 0 Å². The van der Waals surface area contributed by atoms with Gasteiger partial charge in [-0.1, -0.05) is 23.5 Å². The van der Waals surface area contributed by atoms with Gasteiger partial charge in [0.2, 0.25) is 0 Å². The summed E-state index contributed by atoms with van der Waals surface area (Å²) in [7, 11) is 0. The number of aliphatic hydroxyl groups excluding tert-OH is 2. The number of hydrogen-bond acceptors (Lipinski definition) is 3. The number of benzene rings is 1. The molecule has 21 heavy (non-hydrogen) atoms. The molecule has 0 heterocycles. The van der Waals surface area contributed by atoms with Gasteiger partial charge in [0.1, 0.15) is 6.61 Å². The third kappa shape index (κ3) is 4.89. The largest absolute Gasteiger partial charge is 0.396 e. The second kappa shape index (κ2) is 8.46. The molecule has 1 amide bonds. The van der Waals surface area contributed by atoms with E-state index in [0.29, 0.717) is 24.1 Å². The summed E-state index contributed by atoms with van der Waals surface area (Å²) in [6.07, 6.45) is 0.549. The van der Waals surface area contributed by atoms with Crippen molar-refractivity contribution in [1.82, 2.24) is 4.90 Å². The number of nitrogens with zero attached hydrogens (tertiary/aromatic N) is 1. The molecule has 2 N–H and O–H groups in total. The van der Waals surface area contributed by atoms with Crippen molar-refractivity contribution in [3.8, 4) is 11.8 Å². The van der Waals surface area contributed by atoms with E-state index in [0.717, 1.165) is 5.56 Å². The van der Waals surface area contributed by atoms with Crippen molar-refractivity contribution in [2.45, 2.75) is 33.2 Å². The Balaban J connectivity index is 3.16. The lowest BCUT2D eigenvalue weighted by molar-refractivity contribution is 0.0692. The van der Waals surface area contributed by atoms with Crippen LogP contribution >= 0.6 is 0 Å². The first kappa shape index (κ1) is 17.2. The molecule has 0 aliphatic rings. The maximum Gasteiger partial charge on any atom is 0.255 e. The highest BCUT2D eigenvalue weighted by atomic mass is 16.3. The SMILES string of the molecule is Cc1ccc(C#CCO)c(C(=O)N(CCCO)C(C)C)c1. The standard InChI is InChI=1S/C17H23NO3/c1-13(2)18(9-5-11-20)17(21)16-12-14(3)7-8-15(16)6-4-10-19/h7-8,12-13,19-20H,5,9-11H2,1-3H3. The average molecular weight is 289 g/mol. The molecule has 0 spiro atoms. The molecule has 1 aromatic rings. The van der Waals surface area contributed by atoms with Crippen LogP contribution < -0.4 is 0 Å². The number of rotatable bonds is 5. The van der Waals surface area contributed by atoms with Crippen molar-refractivity contribution in [3.05, 3.63) is 34.9 Å². The van der Waals surface area contributed by atoms with Gasteiger partial charge in [0.05, 0.1) is 5.56 Å². The van der Waals surface area contributed by atoms with Gasteiger partial charge in [-0.05, 0) is 39.3 Å². The van der Waals surface area contributed by atoms with Crippen LogP contribution in [-0.4, -0.2) is 46.8 Å². The third-order valence-electron chi connectivity index (χ3n) is 3.15. The fourth-order valence-corrected chi connectivity index (χ4v) is 2.07. The molecule has 1 rings (SSSR count). The van der Waals surface area contributed by atoms with Gasteiger partial charge in [-0.15, -0.1) is 0 Å². The topological polar surface area (TPSA) is 60.8 Å². The number of hydrogen-bond donors (Lipinski definition) is 2. The van der Waals surface area contributed by atoms with Crippen LogP contribution in [0.2, 0.25) is 0 Å². The maximum absolute atomic E-state index is 12.7. The highest BCUT2D eigenvalue weighted by Gasteiger charge is 2.20. The number of aryl methyl sites for hydroxylation is 1. The van der Waals surface area contributed by atoms with E-state index in [1.165, 1.54) is 0 Å². The lowest BCUT2D eigenvalue weighted by Crippen LogP contribution is -2.38. The Labute approximate surface area is 126 Å². The van der Waals surface area contributed by atoms with Crippen molar-refractivity contribution < 1.29 is 15.0 Å². The predicted molar refractivity (Wildman–Crippen MR) is 83.0 cm³/mol. The van der Waals surface area contributed by atoms with Crippen molar-refractivity contribution in [1.29, 1.82) is 0 Å². The first-order chi connectivity index (χ1) is 10.0. The van der Waals surface area contributed by atoms with E-state index in [4.69, 9.17) is 10.2 Å². The molecule has 0 aliphatic carbocycles. The van der Waals surface area contributed by atoms with Crippen LogP contribution in [0, 0.1) is 18.8 Å². The van der Waals surface area contributed by atoms with Gasteiger partial charge in [0, 0.05) is 24.8 Å². The van der Waals surface area contributed by atoms with Gasteiger partial charge < -0.3 is 15.1 Å². The molecule has 0 fully saturated rings. The molecule has 4 heteroatoms. The van der Waals surface area contributed by atoms with Crippen molar-refractivity contribution >= 4 is 5.91 Å². The lowest BCUT2D eigenvalue weighted by atomic mass is 10.0. The monoisotopic (exact) mass is 289 g/mol. The predicted octanol–water partition coefficient (Wildman–Crippen LogP) is 1.57. The number of carbonyl (C=O) groups is 1. The van der Waals surface area contributed by atoms with Crippen LogP contribution in [0.3, 0.4) is 0 Å². The number of aliphatic hydroxyl groups is 2. The minimum absolute atomic E-state index is 0.0446. The first-order valence-electron chi connectivity index (χ1n) is 7.13. The molecule has 0 atom stereocenters. The molecular weight excluding hydrogens is 266 g/mol. The fraction of sp³-hybridized carbons (Fsp3) is 0.471. The summed E-state index contributed by atoms with van der Waals surface area (Å²) in [4.78, 5) is 14.5. The van der Waals surface area contributed by atoms with E-state index >= 15 is 0 Å². The Morgan fingerprint density at radius 3 is 2.62 bits per heavy atom. The summed E-state index contributed by atoms with van der Waals surface area (Å²) < 4.78 is 0. The Hall–Kier alpha value is -1.83. The molecule has 0 saturated carbocycles. The Kier molecular flexibility index (Phi) is 6.93. The minimum atomic E-state index is -0.236. The Bertz CT molecular complexity index is 541. The molecule has 0 aliphatic heterocycles. The maximum atomic E-state index is 12.7. The number of carbonyl (C=O) groups excluding carboxylic acids is 1. The van der Waals surface area contributed by atoms with E-state index in [1.807, 2.05) is 32.9 Å². The quantitative estimate of drug-likeness (QED) is 0.809. The van der Waals surface area contributed by atoms with Gasteiger partial charge in [-0.3, -0.25) is 4.79 Å². The average Bonchev–Trinajstić information content (AvgIpc) is 2.45. The van der Waals surface area contributed by atoms with Crippen LogP contribution in [0.5, 0.6) is 0 Å². The molecule has 4 nitrogen and oxygen atoms in total. The van der Waals surface area contributed by atoms with Gasteiger partial charge in [0.25, 0.3) is 5.91 Å². The number of amides is 1. The van der Waals surface area contributed by atoms with E-state index in [1.54, 1.807) is 11.0 Å². The van der Waals surface area contributed by atoms with Crippen LogP contribution in [-0.2, 0) is 0 Å². The van der Waals surface area contributed by atoms with Crippen LogP contribution in [0.15, 0.2) is 18.2 Å². The summed E-state index contributed by atoms with van der Waals surface area (Å²) in [5.74, 6) is 5.32. The molecule has 0 radical (unpaired) electrons. The smallest absolute Gasteiger partial charge is 0.255 e. The molecule has 0 saturated heterocycles.